The Kier molecular flexibility index (Phi) is 10.3. The zero-order valence-electron chi connectivity index (χ0n) is 22.7. The highest BCUT2D eigenvalue weighted by Gasteiger charge is 2.44. The Balaban J connectivity index is 2.12. The number of ether oxygens (including phenoxy) is 1. The van der Waals surface area contributed by atoms with Crippen LogP contribution in [0.4, 0.5) is 4.79 Å². The lowest BCUT2D eigenvalue weighted by Crippen LogP contribution is -2.40. The van der Waals surface area contributed by atoms with E-state index in [2.05, 4.69) is 89.2 Å². The van der Waals surface area contributed by atoms with Crippen molar-refractivity contribution in [1.29, 1.82) is 0 Å². The molecule has 2 aromatic rings. The molecule has 5 heteroatoms. The van der Waals surface area contributed by atoms with Gasteiger partial charge < -0.3 is 9.64 Å². The van der Waals surface area contributed by atoms with Crippen LogP contribution in [0.25, 0.3) is 0 Å². The van der Waals surface area contributed by atoms with Crippen LogP contribution in [0.2, 0.25) is 16.6 Å². The van der Waals surface area contributed by atoms with Crippen molar-refractivity contribution in [1.82, 2.24) is 4.90 Å². The lowest BCUT2D eigenvalue weighted by molar-refractivity contribution is 0.0236. The Morgan fingerprint density at radius 3 is 1.85 bits per heavy atom. The van der Waals surface area contributed by atoms with E-state index in [0.717, 1.165) is 28.6 Å². The third kappa shape index (κ3) is 7.91. The van der Waals surface area contributed by atoms with Crippen molar-refractivity contribution in [3.63, 3.8) is 0 Å². The molecule has 0 unspecified atom stereocenters. The Morgan fingerprint density at radius 2 is 1.38 bits per heavy atom. The second kappa shape index (κ2) is 12.3. The Bertz CT molecular complexity index is 867. The van der Waals surface area contributed by atoms with Crippen molar-refractivity contribution in [3.05, 3.63) is 65.7 Å². The van der Waals surface area contributed by atoms with Crippen LogP contribution >= 0.6 is 11.2 Å². The molecule has 0 fully saturated rings. The smallest absolute Gasteiger partial charge is 0.410 e. The molecule has 1 amide bonds. The first-order valence-corrected chi connectivity index (χ1v) is 16.4. The molecule has 0 atom stereocenters. The van der Waals surface area contributed by atoms with E-state index in [1.165, 1.54) is 10.5 Å². The van der Waals surface area contributed by atoms with Gasteiger partial charge in [0.15, 0.2) is 0 Å². The molecule has 0 bridgehead atoms. The van der Waals surface area contributed by atoms with Crippen LogP contribution in [0, 0.1) is 0 Å². The fourth-order valence-electron chi connectivity index (χ4n) is 4.91. The maximum absolute atomic E-state index is 12.9. The number of carbonyl (C=O) groups is 1. The largest absolute Gasteiger partial charge is 0.444 e. The molecule has 188 valence electrons. The van der Waals surface area contributed by atoms with Gasteiger partial charge in [-0.2, -0.15) is 11.2 Å². The minimum Gasteiger partial charge on any atom is -0.444 e. The van der Waals surface area contributed by atoms with Crippen LogP contribution in [-0.4, -0.2) is 30.4 Å². The van der Waals surface area contributed by atoms with Gasteiger partial charge in [-0.1, -0.05) is 84.0 Å². The Hall–Kier alpha value is -1.72. The van der Waals surface area contributed by atoms with Crippen LogP contribution in [0.3, 0.4) is 0 Å². The van der Waals surface area contributed by atoms with E-state index >= 15 is 0 Å². The van der Waals surface area contributed by atoms with Gasteiger partial charge in [0, 0.05) is 18.0 Å². The topological polar surface area (TPSA) is 29.5 Å². The van der Waals surface area contributed by atoms with Gasteiger partial charge in [0.05, 0.1) is 0 Å². The van der Waals surface area contributed by atoms with E-state index in [0.29, 0.717) is 13.1 Å². The number of hydrogen-bond acceptors (Lipinski definition) is 3. The Morgan fingerprint density at radius 1 is 0.853 bits per heavy atom. The first kappa shape index (κ1) is 28.5. The van der Waals surface area contributed by atoms with E-state index in [1.54, 1.807) is 0 Å². The van der Waals surface area contributed by atoms with Crippen molar-refractivity contribution < 1.29 is 9.53 Å². The molecule has 0 aromatic heterocycles. The fraction of sp³-hybridized carbons (Fsp3) is 0.552. The van der Waals surface area contributed by atoms with Crippen molar-refractivity contribution in [2.75, 3.05) is 6.54 Å². The summed E-state index contributed by atoms with van der Waals surface area (Å²) in [5, 5.41) is 0. The van der Waals surface area contributed by atoms with Crippen LogP contribution in [0.1, 0.15) is 73.4 Å². The number of benzene rings is 2. The van der Waals surface area contributed by atoms with E-state index in [4.69, 9.17) is 4.74 Å². The molecule has 0 radical (unpaired) electrons. The minimum absolute atomic E-state index is 0.259. The number of nitrogens with zero attached hydrogens (tertiary/aromatic N) is 1. The molecule has 0 saturated carbocycles. The number of hydrogen-bond donors (Lipinski definition) is 0. The quantitative estimate of drug-likeness (QED) is 0.306. The van der Waals surface area contributed by atoms with Crippen molar-refractivity contribution in [2.24, 2.45) is 0 Å². The molecule has 0 aliphatic rings. The molecule has 0 aliphatic heterocycles. The van der Waals surface area contributed by atoms with Crippen molar-refractivity contribution in [3.8, 4) is 0 Å². The first-order valence-electron chi connectivity index (χ1n) is 12.6. The standard InChI is InChI=1S/C29H45NO2SSi/c1-22(2)34(23(3)4,24(5)6)33-27-17-15-25(16-18-27)19-20-30(28(31)32-29(7,8)9)21-26-13-11-10-12-14-26/h10-18,22-24H,19-21H2,1-9H3. The fourth-order valence-corrected chi connectivity index (χ4v) is 14.1. The number of rotatable bonds is 10. The molecular formula is C29H45NO2SSi. The third-order valence-corrected chi connectivity index (χ3v) is 18.7. The maximum Gasteiger partial charge on any atom is 0.410 e. The highest BCUT2D eigenvalue weighted by molar-refractivity contribution is 8.29. The van der Waals surface area contributed by atoms with Crippen LogP contribution in [0.5, 0.6) is 0 Å². The SMILES string of the molecule is CC(C)[Si](Sc1ccc(CCN(Cc2ccccc2)C(=O)OC(C)(C)C)cc1)(C(C)C)C(C)C. The van der Waals surface area contributed by atoms with Crippen LogP contribution < -0.4 is 0 Å². The maximum atomic E-state index is 12.9. The average Bonchev–Trinajstić information content (AvgIpc) is 2.74. The summed E-state index contributed by atoms with van der Waals surface area (Å²) >= 11 is 2.16. The van der Waals surface area contributed by atoms with Gasteiger partial charge in [-0.15, -0.1) is 0 Å². The van der Waals surface area contributed by atoms with Gasteiger partial charge in [0.2, 0.25) is 0 Å². The zero-order valence-corrected chi connectivity index (χ0v) is 24.5. The van der Waals surface area contributed by atoms with Gasteiger partial charge >= 0.3 is 6.09 Å². The second-order valence-corrected chi connectivity index (χ2v) is 19.8. The summed E-state index contributed by atoms with van der Waals surface area (Å²) in [7, 11) is -1.56. The first-order chi connectivity index (χ1) is 15.8. The molecule has 0 spiro atoms. The molecule has 0 heterocycles. The summed E-state index contributed by atoms with van der Waals surface area (Å²) in [5.41, 5.74) is 4.01. The summed E-state index contributed by atoms with van der Waals surface area (Å²) < 4.78 is 5.69. The van der Waals surface area contributed by atoms with Gasteiger partial charge in [0.1, 0.15) is 12.8 Å². The third-order valence-electron chi connectivity index (χ3n) is 6.46. The van der Waals surface area contributed by atoms with Gasteiger partial charge in [0.25, 0.3) is 0 Å². The molecule has 0 saturated heterocycles. The molecule has 2 rings (SSSR count). The van der Waals surface area contributed by atoms with Gasteiger partial charge in [-0.3, -0.25) is 0 Å². The molecule has 34 heavy (non-hydrogen) atoms. The lowest BCUT2D eigenvalue weighted by atomic mass is 10.1. The predicted octanol–water partition coefficient (Wildman–Crippen LogP) is 8.93. The molecular weight excluding hydrogens is 454 g/mol. The van der Waals surface area contributed by atoms with Gasteiger partial charge in [-0.05, 0) is 67.1 Å². The average molecular weight is 500 g/mol. The van der Waals surface area contributed by atoms with Crippen molar-refractivity contribution in [2.45, 2.75) is 102 Å². The lowest BCUT2D eigenvalue weighted by Gasteiger charge is -2.42. The predicted molar refractivity (Wildman–Crippen MR) is 150 cm³/mol. The van der Waals surface area contributed by atoms with Gasteiger partial charge in [-0.25, -0.2) is 4.79 Å². The van der Waals surface area contributed by atoms with E-state index < -0.39 is 12.8 Å². The number of amides is 1. The monoisotopic (exact) mass is 499 g/mol. The van der Waals surface area contributed by atoms with E-state index in [1.807, 2.05) is 43.9 Å². The molecule has 2 aromatic carbocycles. The Labute approximate surface area is 213 Å². The highest BCUT2D eigenvalue weighted by Crippen LogP contribution is 2.51. The summed E-state index contributed by atoms with van der Waals surface area (Å²) in [6.45, 7) is 21.4. The minimum atomic E-state index is -1.56. The second-order valence-electron chi connectivity index (χ2n) is 11.2. The molecule has 0 N–H and O–H groups in total. The van der Waals surface area contributed by atoms with Crippen molar-refractivity contribution >= 4 is 24.5 Å². The molecule has 3 nitrogen and oxygen atoms in total. The summed E-state index contributed by atoms with van der Waals surface area (Å²) in [5.74, 6) is 0. The summed E-state index contributed by atoms with van der Waals surface area (Å²) in [6.07, 6.45) is 0.545. The summed E-state index contributed by atoms with van der Waals surface area (Å²) in [4.78, 5) is 16.1. The highest BCUT2D eigenvalue weighted by atomic mass is 32.4. The normalized spacial score (nSPS) is 12.5. The van der Waals surface area contributed by atoms with Crippen LogP contribution in [-0.2, 0) is 17.7 Å². The summed E-state index contributed by atoms with van der Waals surface area (Å²) in [6, 6.07) is 19.2. The van der Waals surface area contributed by atoms with Crippen LogP contribution in [0.15, 0.2) is 59.5 Å². The number of carbonyl (C=O) groups excluding carboxylic acids is 1. The van der Waals surface area contributed by atoms with E-state index in [9.17, 15) is 4.79 Å². The zero-order chi connectivity index (χ0) is 25.5. The molecule has 0 aliphatic carbocycles. The van der Waals surface area contributed by atoms with E-state index in [-0.39, 0.29) is 6.09 Å².